The number of anilines is 1. The molecule has 1 saturated heterocycles. The number of hydrogen-bond donors (Lipinski definition) is 1. The number of ether oxygens (including phenoxy) is 1. The number of likely N-dealkylation sites (tertiary alicyclic amines) is 1. The maximum absolute atomic E-state index is 13.7. The number of rotatable bonds is 5. The van der Waals surface area contributed by atoms with Gasteiger partial charge in [0.05, 0.1) is 11.8 Å². The normalized spacial score (nSPS) is 30.3. The molecule has 0 aromatic carbocycles. The lowest BCUT2D eigenvalue weighted by Gasteiger charge is -2.26. The average molecular weight is 450 g/mol. The first-order valence-electron chi connectivity index (χ1n) is 11.4. The Morgan fingerprint density at radius 1 is 1.22 bits per heavy atom. The maximum Gasteiger partial charge on any atom is 0.420 e. The van der Waals surface area contributed by atoms with E-state index in [0.29, 0.717) is 35.6 Å². The molecule has 3 unspecified atom stereocenters. The Hall–Kier alpha value is -2.13. The van der Waals surface area contributed by atoms with Gasteiger partial charge in [-0.25, -0.2) is 4.98 Å². The number of nitrogens with two attached hydrogens (primary N) is 1. The van der Waals surface area contributed by atoms with Gasteiger partial charge in [0.1, 0.15) is 11.4 Å². The molecule has 174 valence electrons. The van der Waals surface area contributed by atoms with Crippen molar-refractivity contribution >= 4 is 5.82 Å². The minimum absolute atomic E-state index is 0.00277. The molecule has 2 N–H and O–H groups in total. The highest BCUT2D eigenvalue weighted by Crippen LogP contribution is 2.64. The van der Waals surface area contributed by atoms with E-state index in [1.807, 2.05) is 24.6 Å². The topological polar surface area (TPSA) is 69.2 Å². The Balaban J connectivity index is 1.40. The van der Waals surface area contributed by atoms with Gasteiger partial charge in [0.15, 0.2) is 0 Å². The quantitative estimate of drug-likeness (QED) is 0.736. The fourth-order valence-electron chi connectivity index (χ4n) is 6.02. The molecule has 2 aromatic heterocycles. The molecular weight excluding hydrogens is 419 g/mol. The SMILES string of the molecule is COC1CCN(C2C[C@@H]3C(c4cc(-c5ccnc(N)c5C(F)(F)F)nn4C(C)C)[C@@H]3C2)C1. The lowest BCUT2D eigenvalue weighted by molar-refractivity contribution is -0.136. The zero-order valence-corrected chi connectivity index (χ0v) is 18.6. The van der Waals surface area contributed by atoms with Gasteiger partial charge in [0.25, 0.3) is 0 Å². The first-order valence-corrected chi connectivity index (χ1v) is 11.4. The van der Waals surface area contributed by atoms with Crippen LogP contribution in [-0.4, -0.2) is 52.0 Å². The van der Waals surface area contributed by atoms with Crippen molar-refractivity contribution < 1.29 is 17.9 Å². The lowest BCUT2D eigenvalue weighted by atomic mass is 10.0. The van der Waals surface area contributed by atoms with Crippen LogP contribution in [0.15, 0.2) is 18.3 Å². The number of nitrogen functional groups attached to an aromatic ring is 1. The van der Waals surface area contributed by atoms with E-state index in [0.717, 1.165) is 38.0 Å². The predicted octanol–water partition coefficient (Wildman–Crippen LogP) is 4.34. The van der Waals surface area contributed by atoms with Gasteiger partial charge < -0.3 is 10.5 Å². The highest BCUT2D eigenvalue weighted by Gasteiger charge is 2.59. The van der Waals surface area contributed by atoms with Crippen LogP contribution in [-0.2, 0) is 10.9 Å². The molecule has 9 heteroatoms. The number of hydrogen-bond acceptors (Lipinski definition) is 5. The second kappa shape index (κ2) is 7.73. The molecule has 0 bridgehead atoms. The average Bonchev–Trinajstić information content (AvgIpc) is 3.21. The minimum Gasteiger partial charge on any atom is -0.383 e. The number of aromatic nitrogens is 3. The monoisotopic (exact) mass is 449 g/mol. The molecule has 2 saturated carbocycles. The summed E-state index contributed by atoms with van der Waals surface area (Å²) in [7, 11) is 1.78. The molecule has 3 aliphatic rings. The summed E-state index contributed by atoms with van der Waals surface area (Å²) in [6.45, 7) is 6.12. The third kappa shape index (κ3) is 3.59. The van der Waals surface area contributed by atoms with Crippen molar-refractivity contribution in [2.75, 3.05) is 25.9 Å². The zero-order valence-electron chi connectivity index (χ0n) is 18.6. The van der Waals surface area contributed by atoms with E-state index >= 15 is 0 Å². The number of fused-ring (bicyclic) bond motifs is 1. The van der Waals surface area contributed by atoms with Gasteiger partial charge in [-0.3, -0.25) is 9.58 Å². The van der Waals surface area contributed by atoms with Crippen LogP contribution in [0.4, 0.5) is 19.0 Å². The Kier molecular flexibility index (Phi) is 5.24. The molecule has 3 heterocycles. The van der Waals surface area contributed by atoms with Crippen LogP contribution in [0.3, 0.4) is 0 Å². The van der Waals surface area contributed by atoms with E-state index in [1.54, 1.807) is 7.11 Å². The van der Waals surface area contributed by atoms with Crippen molar-refractivity contribution in [2.24, 2.45) is 11.8 Å². The maximum atomic E-state index is 13.7. The molecule has 6 nitrogen and oxygen atoms in total. The first kappa shape index (κ1) is 21.7. The van der Waals surface area contributed by atoms with Crippen molar-refractivity contribution in [3.63, 3.8) is 0 Å². The van der Waals surface area contributed by atoms with Crippen LogP contribution in [0.1, 0.15) is 56.3 Å². The van der Waals surface area contributed by atoms with E-state index in [1.165, 1.54) is 12.3 Å². The summed E-state index contributed by atoms with van der Waals surface area (Å²) in [4.78, 5) is 6.21. The number of nitrogens with zero attached hydrogens (tertiary/aromatic N) is 4. The van der Waals surface area contributed by atoms with Gasteiger partial charge in [0.2, 0.25) is 0 Å². The fourth-order valence-corrected chi connectivity index (χ4v) is 6.02. The summed E-state index contributed by atoms with van der Waals surface area (Å²) < 4.78 is 48.5. The number of alkyl halides is 3. The van der Waals surface area contributed by atoms with Gasteiger partial charge in [-0.1, -0.05) is 0 Å². The summed E-state index contributed by atoms with van der Waals surface area (Å²) >= 11 is 0. The van der Waals surface area contributed by atoms with Crippen molar-refractivity contribution in [3.05, 3.63) is 29.6 Å². The van der Waals surface area contributed by atoms with E-state index in [9.17, 15) is 13.2 Å². The van der Waals surface area contributed by atoms with Crippen molar-refractivity contribution in [3.8, 4) is 11.3 Å². The summed E-state index contributed by atoms with van der Waals surface area (Å²) in [6.07, 6.45) is 0.429. The molecule has 0 spiro atoms. The second-order valence-corrected chi connectivity index (χ2v) is 9.73. The predicted molar refractivity (Wildman–Crippen MR) is 115 cm³/mol. The summed E-state index contributed by atoms with van der Waals surface area (Å²) in [5.74, 6) is 1.01. The molecule has 32 heavy (non-hydrogen) atoms. The van der Waals surface area contributed by atoms with Crippen LogP contribution in [0.2, 0.25) is 0 Å². The van der Waals surface area contributed by atoms with Gasteiger partial charge in [0, 0.05) is 55.7 Å². The first-order chi connectivity index (χ1) is 15.2. The number of halogens is 3. The van der Waals surface area contributed by atoms with Gasteiger partial charge >= 0.3 is 6.18 Å². The molecule has 1 aliphatic heterocycles. The number of pyridine rings is 1. The fraction of sp³-hybridized carbons (Fsp3) is 0.652. The Morgan fingerprint density at radius 2 is 1.94 bits per heavy atom. The Bertz CT molecular complexity index is 992. The molecule has 2 aromatic rings. The molecule has 5 atom stereocenters. The molecule has 5 rings (SSSR count). The number of methoxy groups -OCH3 is 1. The molecular formula is C23H30F3N5O. The second-order valence-electron chi connectivity index (χ2n) is 9.73. The highest BCUT2D eigenvalue weighted by molar-refractivity contribution is 5.70. The minimum atomic E-state index is -4.59. The zero-order chi connectivity index (χ0) is 22.8. The molecule has 2 aliphatic carbocycles. The van der Waals surface area contributed by atoms with Gasteiger partial charge in [-0.05, 0) is 57.1 Å². The van der Waals surface area contributed by atoms with Crippen LogP contribution in [0.25, 0.3) is 11.3 Å². The van der Waals surface area contributed by atoms with Crippen molar-refractivity contribution in [2.45, 2.75) is 63.4 Å². The molecule has 3 fully saturated rings. The van der Waals surface area contributed by atoms with E-state index in [2.05, 4.69) is 15.0 Å². The van der Waals surface area contributed by atoms with Crippen LogP contribution in [0, 0.1) is 11.8 Å². The van der Waals surface area contributed by atoms with Gasteiger partial charge in [-0.2, -0.15) is 18.3 Å². The largest absolute Gasteiger partial charge is 0.420 e. The lowest BCUT2D eigenvalue weighted by Crippen LogP contribution is -2.33. The molecule has 0 radical (unpaired) electrons. The third-order valence-corrected chi connectivity index (χ3v) is 7.58. The van der Waals surface area contributed by atoms with Crippen LogP contribution < -0.4 is 5.73 Å². The van der Waals surface area contributed by atoms with E-state index in [-0.39, 0.29) is 11.6 Å². The summed E-state index contributed by atoms with van der Waals surface area (Å²) in [6, 6.07) is 3.86. The van der Waals surface area contributed by atoms with E-state index in [4.69, 9.17) is 10.5 Å². The Labute approximate surface area is 185 Å². The third-order valence-electron chi connectivity index (χ3n) is 7.58. The molecule has 0 amide bonds. The Morgan fingerprint density at radius 3 is 2.53 bits per heavy atom. The van der Waals surface area contributed by atoms with Crippen LogP contribution >= 0.6 is 0 Å². The van der Waals surface area contributed by atoms with Gasteiger partial charge in [-0.15, -0.1) is 0 Å². The van der Waals surface area contributed by atoms with Crippen LogP contribution in [0.5, 0.6) is 0 Å². The summed E-state index contributed by atoms with van der Waals surface area (Å²) in [5.41, 5.74) is 6.07. The smallest absolute Gasteiger partial charge is 0.383 e. The van der Waals surface area contributed by atoms with Crippen molar-refractivity contribution in [1.82, 2.24) is 19.7 Å². The standard InChI is InChI=1S/C23H30F3N5O/c1-12(2)31-19(10-18(29-31)15-4-6-28-22(27)21(15)23(24,25)26)20-16-8-13(9-17(16)20)30-7-5-14(11-30)32-3/h4,6,10,12-14,16-17,20H,5,7-9,11H2,1-3H3,(H2,27,28)/t13?,14?,16-,17+,20?. The summed E-state index contributed by atoms with van der Waals surface area (Å²) in [5, 5.41) is 4.61. The van der Waals surface area contributed by atoms with E-state index < -0.39 is 17.6 Å². The highest BCUT2D eigenvalue weighted by atomic mass is 19.4. The van der Waals surface area contributed by atoms with Crippen molar-refractivity contribution in [1.29, 1.82) is 0 Å².